The molecule has 6 rings (SSSR count). The van der Waals surface area contributed by atoms with Gasteiger partial charge in [0, 0.05) is 50.7 Å². The molecule has 2 aromatic carbocycles. The maximum atomic E-state index is 14.3. The van der Waals surface area contributed by atoms with E-state index in [0.717, 1.165) is 12.1 Å². The number of ether oxygens (including phenoxy) is 1. The van der Waals surface area contributed by atoms with Crippen LogP contribution >= 0.6 is 0 Å². The fraction of sp³-hybridized carbons (Fsp3) is 0.538. The number of aliphatic carboxylic acids is 1. The Balaban J connectivity index is 1.40. The average Bonchev–Trinajstić information content (AvgIpc) is 3.18. The number of aromatic nitrogens is 2. The Morgan fingerprint density at radius 2 is 1.45 bits per heavy atom. The van der Waals surface area contributed by atoms with Gasteiger partial charge in [0.05, 0.1) is 54.0 Å². The third-order valence-electron chi connectivity index (χ3n) is 11.0. The lowest BCUT2D eigenvalue weighted by molar-refractivity contribution is -0.143. The molecular weight excluding hydrogens is 787 g/mol. The highest BCUT2D eigenvalue weighted by atomic mass is 19.4. The van der Waals surface area contributed by atoms with Crippen LogP contribution in [0.25, 0.3) is 0 Å². The lowest BCUT2D eigenvalue weighted by atomic mass is 9.87. The smallest absolute Gasteiger partial charge is 0.416 e. The van der Waals surface area contributed by atoms with Crippen LogP contribution in [0.1, 0.15) is 79.3 Å². The van der Waals surface area contributed by atoms with Gasteiger partial charge in [-0.1, -0.05) is 6.92 Å². The van der Waals surface area contributed by atoms with E-state index in [1.165, 1.54) is 28.3 Å². The summed E-state index contributed by atoms with van der Waals surface area (Å²) in [4.78, 5) is 40.9. The number of carboxylic acids is 1. The maximum absolute atomic E-state index is 14.3. The summed E-state index contributed by atoms with van der Waals surface area (Å²) in [6.07, 6.45) is -10.7. The van der Waals surface area contributed by atoms with E-state index in [2.05, 4.69) is 9.97 Å². The monoisotopic (exact) mass is 830 g/mol. The zero-order valence-electron chi connectivity index (χ0n) is 31.5. The van der Waals surface area contributed by atoms with Crippen LogP contribution in [0.15, 0.2) is 48.8 Å². The molecule has 1 N–H and O–H groups in total. The van der Waals surface area contributed by atoms with E-state index in [1.807, 2.05) is 9.80 Å². The highest BCUT2D eigenvalue weighted by Crippen LogP contribution is 2.46. The Labute approximate surface area is 328 Å². The van der Waals surface area contributed by atoms with E-state index in [1.54, 1.807) is 6.92 Å². The van der Waals surface area contributed by atoms with Crippen molar-refractivity contribution in [3.8, 4) is 0 Å². The molecule has 0 bridgehead atoms. The quantitative estimate of drug-likeness (QED) is 0.192. The number of halogens is 9. The maximum Gasteiger partial charge on any atom is 0.416 e. The minimum Gasteiger partial charge on any atom is -0.481 e. The Hall–Kier alpha value is -4.65. The number of hydrogen-bond donors (Lipinski definition) is 1. The standard InChI is InChI=1S/C39H43F9N6O4/c1-2-29-20-33(31-19-26(37(40,41)42)3-4-32(31)54(29)34(55)7-10-51-8-5-24(6-9-51)17-35(56)57)53(36-49-21-30(22-50-36)52-11-13-58-14-12-52)23-25-15-27(38(43,44)45)18-28(16-25)39(46,47)48/h3-4,15-16,18-19,21-22,24,29,33H,2,5-14,17,20,23H2,1H3,(H,56,57). The van der Waals surface area contributed by atoms with Crippen LogP contribution in [-0.2, 0) is 39.4 Å². The first-order valence-corrected chi connectivity index (χ1v) is 19.0. The summed E-state index contributed by atoms with van der Waals surface area (Å²) in [6, 6.07) is 2.22. The Kier molecular flexibility index (Phi) is 12.8. The molecule has 19 heteroatoms. The number of anilines is 3. The molecule has 2 unspecified atom stereocenters. The number of benzene rings is 2. The van der Waals surface area contributed by atoms with Crippen LogP contribution < -0.4 is 14.7 Å². The zero-order valence-corrected chi connectivity index (χ0v) is 31.5. The molecule has 2 saturated heterocycles. The van der Waals surface area contributed by atoms with Gasteiger partial charge in [-0.25, -0.2) is 9.97 Å². The van der Waals surface area contributed by atoms with Gasteiger partial charge in [-0.05, 0) is 92.2 Å². The molecule has 0 spiro atoms. The summed E-state index contributed by atoms with van der Waals surface area (Å²) < 4.78 is 132. The lowest BCUT2D eigenvalue weighted by Crippen LogP contribution is -2.48. The second-order valence-electron chi connectivity index (χ2n) is 14.9. The van der Waals surface area contributed by atoms with Gasteiger partial charge in [-0.3, -0.25) is 9.59 Å². The van der Waals surface area contributed by atoms with E-state index in [9.17, 15) is 49.1 Å². The lowest BCUT2D eigenvalue weighted by Gasteiger charge is -2.45. The third kappa shape index (κ3) is 10.1. The van der Waals surface area contributed by atoms with Crippen molar-refractivity contribution in [3.63, 3.8) is 0 Å². The fourth-order valence-corrected chi connectivity index (χ4v) is 8.00. The molecule has 0 radical (unpaired) electrons. The van der Waals surface area contributed by atoms with Crippen LogP contribution in [0, 0.1) is 5.92 Å². The molecule has 3 aliphatic heterocycles. The summed E-state index contributed by atoms with van der Waals surface area (Å²) in [7, 11) is 0. The molecule has 316 valence electrons. The van der Waals surface area contributed by atoms with Crippen LogP contribution in [0.4, 0.5) is 56.8 Å². The van der Waals surface area contributed by atoms with E-state index in [4.69, 9.17) is 9.84 Å². The van der Waals surface area contributed by atoms with E-state index in [0.29, 0.717) is 83.0 Å². The highest BCUT2D eigenvalue weighted by Gasteiger charge is 2.42. The normalized spacial score (nSPS) is 19.9. The molecule has 3 aliphatic rings. The number of amides is 1. The molecule has 0 saturated carbocycles. The second kappa shape index (κ2) is 17.3. The predicted octanol–water partition coefficient (Wildman–Crippen LogP) is 8.21. The number of carbonyl (C=O) groups is 2. The number of rotatable bonds is 11. The Morgan fingerprint density at radius 3 is 2.00 bits per heavy atom. The predicted molar refractivity (Wildman–Crippen MR) is 194 cm³/mol. The minimum absolute atomic E-state index is 0.00185. The number of morpholine rings is 1. The van der Waals surface area contributed by atoms with Gasteiger partial charge in [-0.2, -0.15) is 39.5 Å². The third-order valence-corrected chi connectivity index (χ3v) is 11.0. The van der Waals surface area contributed by atoms with Crippen molar-refractivity contribution >= 4 is 29.2 Å². The van der Waals surface area contributed by atoms with Crippen molar-refractivity contribution < 1.29 is 58.9 Å². The van der Waals surface area contributed by atoms with Gasteiger partial charge in [0.25, 0.3) is 0 Å². The van der Waals surface area contributed by atoms with Crippen molar-refractivity contribution in [1.82, 2.24) is 14.9 Å². The first-order valence-electron chi connectivity index (χ1n) is 19.0. The van der Waals surface area contributed by atoms with Crippen molar-refractivity contribution in [1.29, 1.82) is 0 Å². The molecule has 1 amide bonds. The van der Waals surface area contributed by atoms with Crippen molar-refractivity contribution in [3.05, 3.63) is 76.6 Å². The van der Waals surface area contributed by atoms with Crippen LogP contribution in [0.3, 0.4) is 0 Å². The number of nitrogens with zero attached hydrogens (tertiary/aromatic N) is 6. The highest BCUT2D eigenvalue weighted by molar-refractivity contribution is 5.95. The summed E-state index contributed by atoms with van der Waals surface area (Å²) in [5, 5.41) is 9.15. The zero-order chi connectivity index (χ0) is 42.0. The topological polar surface area (TPSA) is 102 Å². The fourth-order valence-electron chi connectivity index (χ4n) is 8.00. The molecule has 3 aromatic rings. The molecule has 58 heavy (non-hydrogen) atoms. The molecule has 0 aliphatic carbocycles. The molecule has 2 atom stereocenters. The molecular formula is C39H43F9N6O4. The number of alkyl halides is 9. The van der Waals surface area contributed by atoms with Gasteiger partial charge in [0.2, 0.25) is 11.9 Å². The van der Waals surface area contributed by atoms with Crippen molar-refractivity contribution in [2.75, 3.05) is 60.6 Å². The Morgan fingerprint density at radius 1 is 0.845 bits per heavy atom. The SMILES string of the molecule is CCC1CC(N(Cc2cc(C(F)(F)F)cc(C(F)(F)F)c2)c2ncc(N3CCOCC3)cn2)c2cc(C(F)(F)F)ccc2N1C(=O)CCN1CCC(CC(=O)O)CC1. The number of piperidine rings is 1. The summed E-state index contributed by atoms with van der Waals surface area (Å²) in [5.41, 5.74) is -3.96. The van der Waals surface area contributed by atoms with E-state index >= 15 is 0 Å². The largest absolute Gasteiger partial charge is 0.481 e. The first-order chi connectivity index (χ1) is 27.3. The molecule has 2 fully saturated rings. The van der Waals surface area contributed by atoms with Gasteiger partial charge in [-0.15, -0.1) is 0 Å². The summed E-state index contributed by atoms with van der Waals surface area (Å²) >= 11 is 0. The Bertz CT molecular complexity index is 1880. The summed E-state index contributed by atoms with van der Waals surface area (Å²) in [5.74, 6) is -1.41. The van der Waals surface area contributed by atoms with Crippen molar-refractivity contribution in [2.45, 2.75) is 82.6 Å². The van der Waals surface area contributed by atoms with Gasteiger partial charge < -0.3 is 29.4 Å². The number of likely N-dealkylation sites (tertiary alicyclic amines) is 1. The summed E-state index contributed by atoms with van der Waals surface area (Å²) in [6.45, 7) is 4.40. The van der Waals surface area contributed by atoms with E-state index < -0.39 is 65.4 Å². The average molecular weight is 831 g/mol. The van der Waals surface area contributed by atoms with Gasteiger partial charge in [0.15, 0.2) is 0 Å². The first kappa shape index (κ1) is 42.9. The van der Waals surface area contributed by atoms with Gasteiger partial charge in [0.1, 0.15) is 0 Å². The number of hydrogen-bond acceptors (Lipinski definition) is 8. The minimum atomic E-state index is -5.15. The number of fused-ring (bicyclic) bond motifs is 1. The number of carboxylic acid groups (broad SMARTS) is 1. The van der Waals surface area contributed by atoms with E-state index in [-0.39, 0.29) is 54.4 Å². The van der Waals surface area contributed by atoms with Crippen LogP contribution in [-0.4, -0.2) is 83.8 Å². The van der Waals surface area contributed by atoms with Crippen molar-refractivity contribution in [2.24, 2.45) is 5.92 Å². The van der Waals surface area contributed by atoms with Gasteiger partial charge >= 0.3 is 24.5 Å². The molecule has 1 aromatic heterocycles. The van der Waals surface area contributed by atoms with Crippen LogP contribution in [0.5, 0.6) is 0 Å². The number of carbonyl (C=O) groups excluding carboxylic acids is 1. The molecule has 4 heterocycles. The molecule has 10 nitrogen and oxygen atoms in total. The van der Waals surface area contributed by atoms with Crippen LogP contribution in [0.2, 0.25) is 0 Å². The second-order valence-corrected chi connectivity index (χ2v) is 14.9.